The van der Waals surface area contributed by atoms with Gasteiger partial charge in [0.1, 0.15) is 0 Å². The van der Waals surface area contributed by atoms with Crippen molar-refractivity contribution in [2.24, 2.45) is 5.92 Å². The molecule has 1 fully saturated rings. The zero-order chi connectivity index (χ0) is 11.4. The third kappa shape index (κ3) is 2.98. The summed E-state index contributed by atoms with van der Waals surface area (Å²) in [4.78, 5) is 2.26. The van der Waals surface area contributed by atoms with Gasteiger partial charge < -0.3 is 4.90 Å². The molecule has 2 heterocycles. The minimum absolute atomic E-state index is 0.445. The summed E-state index contributed by atoms with van der Waals surface area (Å²) in [5.41, 5.74) is 0. The topological polar surface area (TPSA) is 29.0 Å². The van der Waals surface area contributed by atoms with Gasteiger partial charge >= 0.3 is 0 Å². The fourth-order valence-electron chi connectivity index (χ4n) is 2.08. The molecule has 16 heavy (non-hydrogen) atoms. The first-order valence-electron chi connectivity index (χ1n) is 5.59. The van der Waals surface area contributed by atoms with E-state index in [0.717, 1.165) is 37.1 Å². The number of hydrogen-bond acceptors (Lipinski definition) is 3. The van der Waals surface area contributed by atoms with E-state index in [1.165, 1.54) is 12.8 Å². The minimum atomic E-state index is 0.445. The second kappa shape index (κ2) is 5.69. The molecule has 5 heteroatoms. The average molecular weight is 260 g/mol. The highest BCUT2D eigenvalue weighted by Crippen LogP contribution is 2.24. The lowest BCUT2D eigenvalue weighted by atomic mass is 9.94. The van der Waals surface area contributed by atoms with E-state index in [9.17, 15) is 0 Å². The Labute approximate surface area is 106 Å². The van der Waals surface area contributed by atoms with E-state index in [2.05, 4.69) is 15.1 Å². The molecule has 1 aromatic heterocycles. The van der Waals surface area contributed by atoms with Gasteiger partial charge in [0.2, 0.25) is 0 Å². The van der Waals surface area contributed by atoms with E-state index in [-0.39, 0.29) is 0 Å². The molecule has 1 saturated heterocycles. The standard InChI is InChI=1S/C11H15Cl2N3/c12-6-3-9-4-7-16(8-5-9)11-2-1-10(13)14-15-11/h1-2,9H,3-8H2. The molecule has 0 saturated carbocycles. The van der Waals surface area contributed by atoms with E-state index in [0.29, 0.717) is 5.15 Å². The summed E-state index contributed by atoms with van der Waals surface area (Å²) in [6.07, 6.45) is 3.51. The second-order valence-electron chi connectivity index (χ2n) is 4.12. The quantitative estimate of drug-likeness (QED) is 0.782. The van der Waals surface area contributed by atoms with E-state index >= 15 is 0 Å². The van der Waals surface area contributed by atoms with Gasteiger partial charge in [0, 0.05) is 19.0 Å². The molecule has 0 atom stereocenters. The van der Waals surface area contributed by atoms with Crippen LogP contribution in [0.5, 0.6) is 0 Å². The Morgan fingerprint density at radius 3 is 2.56 bits per heavy atom. The Hall–Kier alpha value is -0.540. The van der Waals surface area contributed by atoms with Crippen LogP contribution in [0.25, 0.3) is 0 Å². The van der Waals surface area contributed by atoms with Gasteiger partial charge in [0.05, 0.1) is 0 Å². The highest BCUT2D eigenvalue weighted by molar-refractivity contribution is 6.29. The van der Waals surface area contributed by atoms with Gasteiger partial charge in [-0.3, -0.25) is 0 Å². The average Bonchev–Trinajstić information content (AvgIpc) is 2.32. The molecule has 1 aliphatic heterocycles. The molecule has 0 aliphatic carbocycles. The third-order valence-corrected chi connectivity index (χ3v) is 3.49. The number of anilines is 1. The molecule has 0 aromatic carbocycles. The van der Waals surface area contributed by atoms with Crippen LogP contribution < -0.4 is 4.90 Å². The van der Waals surface area contributed by atoms with E-state index < -0.39 is 0 Å². The summed E-state index contributed by atoms with van der Waals surface area (Å²) < 4.78 is 0. The number of hydrogen-bond donors (Lipinski definition) is 0. The van der Waals surface area contributed by atoms with Crippen LogP contribution in [-0.2, 0) is 0 Å². The van der Waals surface area contributed by atoms with Gasteiger partial charge in [-0.05, 0) is 37.3 Å². The molecular formula is C11H15Cl2N3. The lowest BCUT2D eigenvalue weighted by Crippen LogP contribution is -2.34. The van der Waals surface area contributed by atoms with Gasteiger partial charge in [-0.25, -0.2) is 0 Å². The first-order chi connectivity index (χ1) is 7.79. The first-order valence-corrected chi connectivity index (χ1v) is 6.51. The minimum Gasteiger partial charge on any atom is -0.355 e. The van der Waals surface area contributed by atoms with Gasteiger partial charge in [-0.15, -0.1) is 21.8 Å². The van der Waals surface area contributed by atoms with E-state index in [1.807, 2.05) is 6.07 Å². The zero-order valence-electron chi connectivity index (χ0n) is 9.07. The van der Waals surface area contributed by atoms with Crippen LogP contribution in [0.15, 0.2) is 12.1 Å². The zero-order valence-corrected chi connectivity index (χ0v) is 10.6. The summed E-state index contributed by atoms with van der Waals surface area (Å²) in [5, 5.41) is 8.40. The second-order valence-corrected chi connectivity index (χ2v) is 4.89. The van der Waals surface area contributed by atoms with Crippen molar-refractivity contribution in [1.82, 2.24) is 10.2 Å². The molecule has 0 N–H and O–H groups in total. The molecule has 0 radical (unpaired) electrons. The number of nitrogens with zero attached hydrogens (tertiary/aromatic N) is 3. The molecule has 0 unspecified atom stereocenters. The van der Waals surface area contributed by atoms with Crippen molar-refractivity contribution < 1.29 is 0 Å². The molecule has 1 aliphatic rings. The van der Waals surface area contributed by atoms with Crippen LogP contribution in [0, 0.1) is 5.92 Å². The monoisotopic (exact) mass is 259 g/mol. The SMILES string of the molecule is ClCCC1CCN(c2ccc(Cl)nn2)CC1. The summed E-state index contributed by atoms with van der Waals surface area (Å²) in [5.74, 6) is 2.47. The van der Waals surface area contributed by atoms with Crippen molar-refractivity contribution in [2.45, 2.75) is 19.3 Å². The molecule has 1 aromatic rings. The van der Waals surface area contributed by atoms with Crippen molar-refractivity contribution in [3.05, 3.63) is 17.3 Å². The first kappa shape index (κ1) is 11.9. The smallest absolute Gasteiger partial charge is 0.151 e. The van der Waals surface area contributed by atoms with Crippen LogP contribution in [0.3, 0.4) is 0 Å². The Kier molecular flexibility index (Phi) is 4.24. The van der Waals surface area contributed by atoms with Gasteiger partial charge in [0.15, 0.2) is 11.0 Å². The Morgan fingerprint density at radius 2 is 2.00 bits per heavy atom. The number of aromatic nitrogens is 2. The third-order valence-electron chi connectivity index (χ3n) is 3.07. The highest BCUT2D eigenvalue weighted by atomic mass is 35.5. The van der Waals surface area contributed by atoms with Gasteiger partial charge in [-0.2, -0.15) is 0 Å². The Bertz CT molecular complexity index is 321. The Morgan fingerprint density at radius 1 is 1.25 bits per heavy atom. The summed E-state index contributed by atoms with van der Waals surface area (Å²) in [7, 11) is 0. The lowest BCUT2D eigenvalue weighted by molar-refractivity contribution is 0.395. The number of halogens is 2. The molecule has 0 bridgehead atoms. The van der Waals surface area contributed by atoms with Crippen molar-refractivity contribution in [2.75, 3.05) is 23.9 Å². The molecule has 88 valence electrons. The van der Waals surface area contributed by atoms with Crippen LogP contribution in [0.4, 0.5) is 5.82 Å². The number of rotatable bonds is 3. The van der Waals surface area contributed by atoms with Crippen LogP contribution in [0.1, 0.15) is 19.3 Å². The van der Waals surface area contributed by atoms with Gasteiger partial charge in [-0.1, -0.05) is 11.6 Å². The van der Waals surface area contributed by atoms with Crippen molar-refractivity contribution in [3.63, 3.8) is 0 Å². The van der Waals surface area contributed by atoms with Crippen LogP contribution in [-0.4, -0.2) is 29.2 Å². The predicted octanol–water partition coefficient (Wildman–Crippen LogP) is 2.98. The molecule has 0 spiro atoms. The summed E-state index contributed by atoms with van der Waals surface area (Å²) in [6, 6.07) is 3.71. The molecular weight excluding hydrogens is 245 g/mol. The highest BCUT2D eigenvalue weighted by Gasteiger charge is 2.19. The largest absolute Gasteiger partial charge is 0.355 e. The van der Waals surface area contributed by atoms with Crippen molar-refractivity contribution >= 4 is 29.0 Å². The maximum atomic E-state index is 5.76. The maximum Gasteiger partial charge on any atom is 0.151 e. The Balaban J connectivity index is 1.91. The van der Waals surface area contributed by atoms with Gasteiger partial charge in [0.25, 0.3) is 0 Å². The fourth-order valence-corrected chi connectivity index (χ4v) is 2.49. The normalized spacial score (nSPS) is 17.8. The van der Waals surface area contributed by atoms with Crippen molar-refractivity contribution in [1.29, 1.82) is 0 Å². The summed E-state index contributed by atoms with van der Waals surface area (Å²) in [6.45, 7) is 2.08. The predicted molar refractivity (Wildman–Crippen MR) is 67.3 cm³/mol. The molecule has 0 amide bonds. The maximum absolute atomic E-state index is 5.76. The van der Waals surface area contributed by atoms with Crippen LogP contribution >= 0.6 is 23.2 Å². The lowest BCUT2D eigenvalue weighted by Gasteiger charge is -2.32. The number of piperidine rings is 1. The molecule has 3 nitrogen and oxygen atoms in total. The van der Waals surface area contributed by atoms with Crippen molar-refractivity contribution in [3.8, 4) is 0 Å². The number of alkyl halides is 1. The van der Waals surface area contributed by atoms with E-state index in [1.54, 1.807) is 6.07 Å². The van der Waals surface area contributed by atoms with E-state index in [4.69, 9.17) is 23.2 Å². The van der Waals surface area contributed by atoms with Crippen LogP contribution in [0.2, 0.25) is 5.15 Å². The fraction of sp³-hybridized carbons (Fsp3) is 0.636. The summed E-state index contributed by atoms with van der Waals surface area (Å²) >= 11 is 11.5. The molecule has 2 rings (SSSR count).